The van der Waals surface area contributed by atoms with Crippen molar-refractivity contribution < 1.29 is 4.42 Å². The number of hydrogen-bond acceptors (Lipinski definition) is 3. The van der Waals surface area contributed by atoms with E-state index in [2.05, 4.69) is 36.8 Å². The Balaban J connectivity index is 2.04. The largest absolute Gasteiger partial charge is 0.444 e. The van der Waals surface area contributed by atoms with Gasteiger partial charge in [0.2, 0.25) is 5.89 Å². The molecule has 2 heterocycles. The number of oxazole rings is 1. The molecule has 0 saturated heterocycles. The van der Waals surface area contributed by atoms with Gasteiger partial charge in [0, 0.05) is 18.0 Å². The van der Waals surface area contributed by atoms with Crippen LogP contribution in [0, 0.1) is 0 Å². The van der Waals surface area contributed by atoms with Crippen LogP contribution in [0.15, 0.2) is 52.4 Å². The summed E-state index contributed by atoms with van der Waals surface area (Å²) in [4.78, 5) is 8.55. The minimum absolute atomic E-state index is 0.651. The van der Waals surface area contributed by atoms with Crippen LogP contribution in [-0.2, 0) is 0 Å². The summed E-state index contributed by atoms with van der Waals surface area (Å²) >= 11 is 0. The molecule has 0 N–H and O–H groups in total. The van der Waals surface area contributed by atoms with Crippen molar-refractivity contribution in [3.8, 4) is 11.3 Å². The number of nitrogens with zero attached hydrogens (tertiary/aromatic N) is 2. The Morgan fingerprint density at radius 2 is 2.15 bits per heavy atom. The smallest absolute Gasteiger partial charge is 0.219 e. The number of allylic oxidation sites excluding steroid dienone is 3. The second-order valence-electron chi connectivity index (χ2n) is 5.12. The predicted octanol–water partition coefficient (Wildman–Crippen LogP) is 4.89. The molecular weight excluding hydrogens is 248 g/mol. The van der Waals surface area contributed by atoms with Crippen LogP contribution in [0.5, 0.6) is 0 Å². The van der Waals surface area contributed by atoms with Crippen molar-refractivity contribution in [3.05, 3.63) is 53.9 Å². The average molecular weight is 268 g/mol. The van der Waals surface area contributed by atoms with Crippen molar-refractivity contribution in [3.63, 3.8) is 0 Å². The highest BCUT2D eigenvalue weighted by Gasteiger charge is 2.04. The molecule has 0 saturated carbocycles. The maximum Gasteiger partial charge on any atom is 0.219 e. The summed E-state index contributed by atoms with van der Waals surface area (Å²) in [6.07, 6.45) is 11.5. The van der Waals surface area contributed by atoms with Crippen molar-refractivity contribution in [2.45, 2.75) is 33.6 Å². The molecule has 3 nitrogen and oxygen atoms in total. The molecule has 0 spiro atoms. The van der Waals surface area contributed by atoms with Gasteiger partial charge in [0.1, 0.15) is 12.0 Å². The molecule has 104 valence electrons. The van der Waals surface area contributed by atoms with Gasteiger partial charge in [-0.1, -0.05) is 17.2 Å². The van der Waals surface area contributed by atoms with E-state index in [9.17, 15) is 0 Å². The van der Waals surface area contributed by atoms with E-state index in [1.807, 2.05) is 18.2 Å². The molecule has 0 atom stereocenters. The molecule has 2 aromatic heterocycles. The topological polar surface area (TPSA) is 38.9 Å². The van der Waals surface area contributed by atoms with E-state index in [0.717, 1.165) is 24.1 Å². The van der Waals surface area contributed by atoms with Gasteiger partial charge in [-0.05, 0) is 51.8 Å². The molecule has 0 bridgehead atoms. The van der Waals surface area contributed by atoms with E-state index >= 15 is 0 Å². The van der Waals surface area contributed by atoms with E-state index in [4.69, 9.17) is 4.42 Å². The zero-order chi connectivity index (χ0) is 14.4. The van der Waals surface area contributed by atoms with Crippen LogP contribution in [0.2, 0.25) is 0 Å². The van der Waals surface area contributed by atoms with Crippen LogP contribution in [0.3, 0.4) is 0 Å². The van der Waals surface area contributed by atoms with E-state index in [-0.39, 0.29) is 0 Å². The lowest BCUT2D eigenvalue weighted by atomic mass is 10.1. The lowest BCUT2D eigenvalue weighted by Crippen LogP contribution is -1.81. The van der Waals surface area contributed by atoms with E-state index in [1.54, 1.807) is 18.7 Å². The fraction of sp³-hybridized carbons (Fsp3) is 0.294. The van der Waals surface area contributed by atoms with E-state index < -0.39 is 0 Å². The summed E-state index contributed by atoms with van der Waals surface area (Å²) in [5.41, 5.74) is 4.41. The second-order valence-corrected chi connectivity index (χ2v) is 5.12. The summed E-state index contributed by atoms with van der Waals surface area (Å²) in [7, 11) is 0. The quantitative estimate of drug-likeness (QED) is 0.725. The monoisotopic (exact) mass is 268 g/mol. The Labute approximate surface area is 120 Å². The zero-order valence-electron chi connectivity index (χ0n) is 12.3. The molecule has 0 aromatic carbocycles. The fourth-order valence-corrected chi connectivity index (χ4v) is 1.87. The van der Waals surface area contributed by atoms with Gasteiger partial charge in [0.15, 0.2) is 0 Å². The molecule has 0 fully saturated rings. The van der Waals surface area contributed by atoms with Crippen molar-refractivity contribution in [2.75, 3.05) is 0 Å². The maximum absolute atomic E-state index is 5.49. The summed E-state index contributed by atoms with van der Waals surface area (Å²) in [5, 5.41) is 0. The molecule has 2 aromatic rings. The van der Waals surface area contributed by atoms with E-state index in [0.29, 0.717) is 5.89 Å². The van der Waals surface area contributed by atoms with Gasteiger partial charge in [-0.3, -0.25) is 4.98 Å². The third-order valence-electron chi connectivity index (χ3n) is 2.94. The maximum atomic E-state index is 5.49. The van der Waals surface area contributed by atoms with Crippen LogP contribution in [-0.4, -0.2) is 9.97 Å². The molecule has 0 unspecified atom stereocenters. The van der Waals surface area contributed by atoms with Crippen molar-refractivity contribution in [2.24, 2.45) is 0 Å². The molecule has 20 heavy (non-hydrogen) atoms. The Morgan fingerprint density at radius 3 is 2.85 bits per heavy atom. The van der Waals surface area contributed by atoms with Crippen LogP contribution in [0.25, 0.3) is 17.3 Å². The highest BCUT2D eigenvalue weighted by molar-refractivity contribution is 5.58. The van der Waals surface area contributed by atoms with Crippen molar-refractivity contribution >= 4 is 6.08 Å². The first-order valence-corrected chi connectivity index (χ1v) is 6.81. The standard InChI is InChI=1S/C17H20N2O/c1-13(2)6-4-7-14(3)10-17-19-16(12-20-17)15-8-5-9-18-11-15/h5-6,8-12H,4,7H2,1-3H3/b14-10+. The fourth-order valence-electron chi connectivity index (χ4n) is 1.87. The second kappa shape index (κ2) is 6.85. The predicted molar refractivity (Wildman–Crippen MR) is 82.1 cm³/mol. The van der Waals surface area contributed by atoms with Gasteiger partial charge < -0.3 is 4.42 Å². The molecular formula is C17H20N2O. The van der Waals surface area contributed by atoms with E-state index in [1.165, 1.54) is 11.1 Å². The Morgan fingerprint density at radius 1 is 1.30 bits per heavy atom. The molecule has 3 heteroatoms. The number of rotatable bonds is 5. The van der Waals surface area contributed by atoms with Gasteiger partial charge in [-0.15, -0.1) is 0 Å². The van der Waals surface area contributed by atoms with Gasteiger partial charge in [-0.25, -0.2) is 4.98 Å². The zero-order valence-corrected chi connectivity index (χ0v) is 12.3. The summed E-state index contributed by atoms with van der Waals surface area (Å²) in [6, 6.07) is 3.87. The van der Waals surface area contributed by atoms with Crippen molar-refractivity contribution in [1.29, 1.82) is 0 Å². The van der Waals surface area contributed by atoms with Gasteiger partial charge in [0.25, 0.3) is 0 Å². The highest BCUT2D eigenvalue weighted by Crippen LogP contribution is 2.19. The molecule has 2 rings (SSSR count). The first-order valence-electron chi connectivity index (χ1n) is 6.81. The molecule has 0 aliphatic rings. The molecule has 0 aliphatic carbocycles. The lowest BCUT2D eigenvalue weighted by molar-refractivity contribution is 0.546. The normalized spacial score (nSPS) is 11.4. The minimum Gasteiger partial charge on any atom is -0.444 e. The SMILES string of the molecule is CC(C)=CCC/C(C)=C/c1nc(-c2cccnc2)co1. The number of pyridine rings is 1. The van der Waals surface area contributed by atoms with Crippen LogP contribution >= 0.6 is 0 Å². The summed E-state index contributed by atoms with van der Waals surface area (Å²) in [6.45, 7) is 6.34. The Kier molecular flexibility index (Phi) is 4.88. The van der Waals surface area contributed by atoms with Gasteiger partial charge in [0.05, 0.1) is 0 Å². The minimum atomic E-state index is 0.651. The third-order valence-corrected chi connectivity index (χ3v) is 2.94. The number of aromatic nitrogens is 2. The van der Waals surface area contributed by atoms with Gasteiger partial charge >= 0.3 is 0 Å². The Bertz CT molecular complexity index is 605. The molecule has 0 amide bonds. The summed E-state index contributed by atoms with van der Waals surface area (Å²) < 4.78 is 5.49. The van der Waals surface area contributed by atoms with Gasteiger partial charge in [-0.2, -0.15) is 0 Å². The third kappa shape index (κ3) is 4.19. The lowest BCUT2D eigenvalue weighted by Gasteiger charge is -1.97. The van der Waals surface area contributed by atoms with Crippen LogP contribution in [0.4, 0.5) is 0 Å². The van der Waals surface area contributed by atoms with Crippen LogP contribution < -0.4 is 0 Å². The Hall–Kier alpha value is -2.16. The molecule has 0 radical (unpaired) electrons. The van der Waals surface area contributed by atoms with Crippen LogP contribution in [0.1, 0.15) is 39.5 Å². The average Bonchev–Trinajstić information content (AvgIpc) is 2.88. The summed E-state index contributed by atoms with van der Waals surface area (Å²) in [5.74, 6) is 0.651. The first-order chi connectivity index (χ1) is 9.65. The number of hydrogen-bond donors (Lipinski definition) is 0. The van der Waals surface area contributed by atoms with Crippen molar-refractivity contribution in [1.82, 2.24) is 9.97 Å². The molecule has 0 aliphatic heterocycles. The highest BCUT2D eigenvalue weighted by atomic mass is 16.3. The first kappa shape index (κ1) is 14.3.